The Labute approximate surface area is 207 Å². The van der Waals surface area contributed by atoms with E-state index in [0.717, 1.165) is 30.7 Å². The van der Waals surface area contributed by atoms with E-state index in [9.17, 15) is 18.0 Å². The number of hydrogen-bond donors (Lipinski definition) is 1. The lowest BCUT2D eigenvalue weighted by atomic mass is 10.1. The second-order valence-corrected chi connectivity index (χ2v) is 9.33. The van der Waals surface area contributed by atoms with Crippen molar-refractivity contribution in [2.45, 2.75) is 30.3 Å². The van der Waals surface area contributed by atoms with E-state index in [0.29, 0.717) is 23.7 Å². The van der Waals surface area contributed by atoms with Gasteiger partial charge >= 0.3 is 6.18 Å². The third kappa shape index (κ3) is 5.86. The SMILES string of the molecule is O=C(CSc1nnc(-c2cccc(Cl)c2)n1-c1ccc(Cl)c(C(F)(F)F)c1)NC[C@@H]1CCCO1. The molecule has 12 heteroatoms. The number of carbonyl (C=O) groups excluding carboxylic acids is 1. The van der Waals surface area contributed by atoms with Crippen LogP contribution in [-0.2, 0) is 15.7 Å². The quantitative estimate of drug-likeness (QED) is 0.400. The van der Waals surface area contributed by atoms with Gasteiger partial charge in [0.1, 0.15) is 0 Å². The van der Waals surface area contributed by atoms with E-state index in [1.807, 2.05) is 0 Å². The molecule has 0 spiro atoms. The minimum absolute atomic E-state index is 0.000116. The van der Waals surface area contributed by atoms with Gasteiger partial charge in [0, 0.05) is 23.7 Å². The fraction of sp³-hybridized carbons (Fsp3) is 0.318. The maximum absolute atomic E-state index is 13.5. The number of nitrogens with one attached hydrogen (secondary N) is 1. The molecule has 6 nitrogen and oxygen atoms in total. The van der Waals surface area contributed by atoms with Gasteiger partial charge in [-0.25, -0.2) is 0 Å². The number of ether oxygens (including phenoxy) is 1. The number of rotatable bonds is 7. The minimum Gasteiger partial charge on any atom is -0.376 e. The molecule has 1 aliphatic rings. The van der Waals surface area contributed by atoms with Crippen molar-refractivity contribution < 1.29 is 22.7 Å². The van der Waals surface area contributed by atoms with E-state index >= 15 is 0 Å². The van der Waals surface area contributed by atoms with Gasteiger partial charge in [-0.2, -0.15) is 13.2 Å². The van der Waals surface area contributed by atoms with Gasteiger partial charge < -0.3 is 10.1 Å². The zero-order valence-corrected chi connectivity index (χ0v) is 19.9. The van der Waals surface area contributed by atoms with Gasteiger partial charge in [0.2, 0.25) is 5.91 Å². The second kappa shape index (κ2) is 10.6. The number of nitrogens with zero attached hydrogens (tertiary/aromatic N) is 3. The lowest BCUT2D eigenvalue weighted by molar-refractivity contribution is -0.137. The van der Waals surface area contributed by atoms with Crippen molar-refractivity contribution in [3.63, 3.8) is 0 Å². The fourth-order valence-corrected chi connectivity index (χ4v) is 4.69. The first kappa shape index (κ1) is 24.8. The van der Waals surface area contributed by atoms with Gasteiger partial charge in [-0.15, -0.1) is 10.2 Å². The van der Waals surface area contributed by atoms with E-state index in [1.54, 1.807) is 24.3 Å². The van der Waals surface area contributed by atoms with Crippen molar-refractivity contribution in [1.29, 1.82) is 0 Å². The molecule has 1 fully saturated rings. The number of alkyl halides is 3. The summed E-state index contributed by atoms with van der Waals surface area (Å²) in [6, 6.07) is 10.3. The molecule has 1 aromatic heterocycles. The molecule has 4 rings (SSSR count). The minimum atomic E-state index is -4.65. The van der Waals surface area contributed by atoms with Crippen molar-refractivity contribution in [2.75, 3.05) is 18.9 Å². The highest BCUT2D eigenvalue weighted by atomic mass is 35.5. The average molecular weight is 531 g/mol. The molecule has 1 saturated heterocycles. The third-order valence-corrected chi connectivity index (χ3v) is 6.61. The molecule has 2 heterocycles. The zero-order chi connectivity index (χ0) is 24.3. The van der Waals surface area contributed by atoms with Crippen molar-refractivity contribution in [3.8, 4) is 17.1 Å². The zero-order valence-electron chi connectivity index (χ0n) is 17.6. The molecule has 0 radical (unpaired) electrons. The summed E-state index contributed by atoms with van der Waals surface area (Å²) >= 11 is 13.0. The van der Waals surface area contributed by atoms with Crippen molar-refractivity contribution in [3.05, 3.63) is 58.1 Å². The number of benzene rings is 2. The maximum atomic E-state index is 13.5. The average Bonchev–Trinajstić information content (AvgIpc) is 3.46. The van der Waals surface area contributed by atoms with Crippen LogP contribution in [0.3, 0.4) is 0 Å². The number of thioether (sulfide) groups is 1. The van der Waals surface area contributed by atoms with Crippen molar-refractivity contribution in [1.82, 2.24) is 20.1 Å². The van der Waals surface area contributed by atoms with Crippen LogP contribution >= 0.6 is 35.0 Å². The molecule has 1 N–H and O–H groups in total. The summed E-state index contributed by atoms with van der Waals surface area (Å²) in [5, 5.41) is 11.4. The lowest BCUT2D eigenvalue weighted by Crippen LogP contribution is -2.32. The third-order valence-electron chi connectivity index (χ3n) is 5.11. The van der Waals surface area contributed by atoms with E-state index < -0.39 is 16.8 Å². The molecule has 0 saturated carbocycles. The molecule has 1 atom stereocenters. The number of halogens is 5. The first-order valence-electron chi connectivity index (χ1n) is 10.3. The molecule has 34 heavy (non-hydrogen) atoms. The summed E-state index contributed by atoms with van der Waals surface area (Å²) in [6.07, 6.45) is -2.79. The number of hydrogen-bond acceptors (Lipinski definition) is 5. The van der Waals surface area contributed by atoms with Crippen LogP contribution in [0.25, 0.3) is 17.1 Å². The lowest BCUT2D eigenvalue weighted by Gasteiger charge is -2.15. The molecule has 1 amide bonds. The molecular formula is C22H19Cl2F3N4O2S. The van der Waals surface area contributed by atoms with Crippen LogP contribution < -0.4 is 5.32 Å². The van der Waals surface area contributed by atoms with E-state index in [-0.39, 0.29) is 34.4 Å². The van der Waals surface area contributed by atoms with Crippen LogP contribution in [0.15, 0.2) is 47.6 Å². The predicted octanol–water partition coefficient (Wildman–Crippen LogP) is 5.65. The number of carbonyl (C=O) groups is 1. The first-order chi connectivity index (χ1) is 16.2. The molecule has 3 aromatic rings. The Balaban J connectivity index is 1.64. The van der Waals surface area contributed by atoms with Gasteiger partial charge in [0.25, 0.3) is 0 Å². The van der Waals surface area contributed by atoms with E-state index in [2.05, 4.69) is 15.5 Å². The Morgan fingerprint density at radius 2 is 2.03 bits per heavy atom. The van der Waals surface area contributed by atoms with E-state index in [1.165, 1.54) is 16.7 Å². The number of amides is 1. The van der Waals surface area contributed by atoms with Gasteiger partial charge in [-0.05, 0) is 43.2 Å². The van der Waals surface area contributed by atoms with Crippen LogP contribution in [0.1, 0.15) is 18.4 Å². The summed E-state index contributed by atoms with van der Waals surface area (Å²) in [5.74, 6) is 0.0341. The van der Waals surface area contributed by atoms with Crippen LogP contribution in [-0.4, -0.2) is 45.7 Å². The Morgan fingerprint density at radius 1 is 1.21 bits per heavy atom. The standard InChI is InChI=1S/C22H19Cl2F3N4O2S/c23-14-4-1-3-13(9-14)20-29-30-21(34-12-19(32)28-11-16-5-2-8-33-16)31(20)15-6-7-18(24)17(10-15)22(25,26)27/h1,3-4,6-7,9-10,16H,2,5,8,11-12H2,(H,28,32)/t16-/m0/s1. The van der Waals surface area contributed by atoms with Gasteiger partial charge in [0.15, 0.2) is 11.0 Å². The molecule has 1 aliphatic heterocycles. The summed E-state index contributed by atoms with van der Waals surface area (Å²) in [5.41, 5.74) is -0.278. The largest absolute Gasteiger partial charge is 0.417 e. The smallest absolute Gasteiger partial charge is 0.376 e. The molecule has 0 unspecified atom stereocenters. The van der Waals surface area contributed by atoms with Gasteiger partial charge in [-0.1, -0.05) is 47.1 Å². The van der Waals surface area contributed by atoms with Gasteiger partial charge in [-0.3, -0.25) is 9.36 Å². The molecule has 180 valence electrons. The Kier molecular flexibility index (Phi) is 7.71. The number of aromatic nitrogens is 3. The Hall–Kier alpha value is -2.27. The monoisotopic (exact) mass is 530 g/mol. The molecule has 0 bridgehead atoms. The van der Waals surface area contributed by atoms with Crippen LogP contribution in [0, 0.1) is 0 Å². The topological polar surface area (TPSA) is 69.0 Å². The summed E-state index contributed by atoms with van der Waals surface area (Å²) < 4.78 is 47.5. The molecule has 0 aliphatic carbocycles. The van der Waals surface area contributed by atoms with Crippen LogP contribution in [0.2, 0.25) is 10.0 Å². The Bertz CT molecular complexity index is 1180. The van der Waals surface area contributed by atoms with Crippen molar-refractivity contribution in [2.24, 2.45) is 0 Å². The van der Waals surface area contributed by atoms with Crippen LogP contribution in [0.5, 0.6) is 0 Å². The molecule has 2 aromatic carbocycles. The summed E-state index contributed by atoms with van der Waals surface area (Å²) in [4.78, 5) is 12.3. The summed E-state index contributed by atoms with van der Waals surface area (Å²) in [7, 11) is 0. The highest BCUT2D eigenvalue weighted by Crippen LogP contribution is 2.37. The molecular weight excluding hydrogens is 512 g/mol. The second-order valence-electron chi connectivity index (χ2n) is 7.54. The maximum Gasteiger partial charge on any atom is 0.417 e. The van der Waals surface area contributed by atoms with Crippen molar-refractivity contribution >= 4 is 40.9 Å². The predicted molar refractivity (Wildman–Crippen MR) is 125 cm³/mol. The first-order valence-corrected chi connectivity index (χ1v) is 12.1. The normalized spacial score (nSPS) is 16.1. The summed E-state index contributed by atoms with van der Waals surface area (Å²) in [6.45, 7) is 1.09. The van der Waals surface area contributed by atoms with Gasteiger partial charge in [0.05, 0.1) is 28.1 Å². The highest BCUT2D eigenvalue weighted by Gasteiger charge is 2.34. The van der Waals surface area contributed by atoms with Crippen LogP contribution in [0.4, 0.5) is 13.2 Å². The fourth-order valence-electron chi connectivity index (χ4n) is 3.49. The Morgan fingerprint density at radius 3 is 2.74 bits per heavy atom. The highest BCUT2D eigenvalue weighted by molar-refractivity contribution is 7.99. The van der Waals surface area contributed by atoms with E-state index in [4.69, 9.17) is 27.9 Å².